The number of unbranched alkanes of at least 4 members (excludes halogenated alkanes) is 1. The lowest BCUT2D eigenvalue weighted by Gasteiger charge is -2.09. The highest BCUT2D eigenvalue weighted by atomic mass is 32.1. The maximum absolute atomic E-state index is 10.2. The van der Waals surface area contributed by atoms with Crippen molar-refractivity contribution >= 4 is 23.4 Å². The van der Waals surface area contributed by atoms with Gasteiger partial charge in [-0.25, -0.2) is 4.79 Å². The number of hydrogen-bond acceptors (Lipinski definition) is 3. The molecule has 0 saturated carbocycles. The second kappa shape index (κ2) is 8.55. The first-order chi connectivity index (χ1) is 6.66. The Morgan fingerprint density at radius 1 is 1.43 bits per heavy atom. The van der Waals surface area contributed by atoms with Crippen molar-refractivity contribution in [1.29, 1.82) is 0 Å². The van der Waals surface area contributed by atoms with E-state index in [9.17, 15) is 4.79 Å². The molecule has 0 unspecified atom stereocenters. The summed E-state index contributed by atoms with van der Waals surface area (Å²) in [5, 5.41) is 6.48. The quantitative estimate of drug-likeness (QED) is 0.444. The number of amides is 1. The minimum absolute atomic E-state index is 0.227. The van der Waals surface area contributed by atoms with Gasteiger partial charge in [-0.3, -0.25) is 0 Å². The number of rotatable bonds is 6. The van der Waals surface area contributed by atoms with Gasteiger partial charge in [-0.2, -0.15) is 0 Å². The molecule has 0 aromatic heterocycles. The molecule has 0 aliphatic rings. The zero-order chi connectivity index (χ0) is 10.8. The van der Waals surface area contributed by atoms with E-state index in [4.69, 9.17) is 18.0 Å². The standard InChI is InChI=1S/C8H17N3O2S/c1-2-3-4-10-8(14)11-5-6-13-7(9)12/h2-6H2,1H3,(H2,9,12)(H2,10,11,14). The molecule has 0 atom stereocenters. The molecule has 0 spiro atoms. The van der Waals surface area contributed by atoms with Crippen LogP contribution >= 0.6 is 12.2 Å². The van der Waals surface area contributed by atoms with Gasteiger partial charge in [-0.1, -0.05) is 13.3 Å². The van der Waals surface area contributed by atoms with E-state index >= 15 is 0 Å². The zero-order valence-electron chi connectivity index (χ0n) is 8.34. The lowest BCUT2D eigenvalue weighted by molar-refractivity contribution is 0.159. The summed E-state index contributed by atoms with van der Waals surface area (Å²) in [5.41, 5.74) is 4.77. The first kappa shape index (κ1) is 13.0. The van der Waals surface area contributed by atoms with Gasteiger partial charge in [-0.05, 0) is 18.6 Å². The van der Waals surface area contributed by atoms with E-state index in [0.717, 1.165) is 19.4 Å². The zero-order valence-corrected chi connectivity index (χ0v) is 9.15. The first-order valence-electron chi connectivity index (χ1n) is 4.60. The Kier molecular flexibility index (Phi) is 7.92. The number of thiocarbonyl (C=S) groups is 1. The summed E-state index contributed by atoms with van der Waals surface area (Å²) in [6.07, 6.45) is 1.44. The molecule has 0 aromatic rings. The van der Waals surface area contributed by atoms with E-state index in [2.05, 4.69) is 22.3 Å². The minimum atomic E-state index is -0.767. The Hall–Kier alpha value is -1.04. The van der Waals surface area contributed by atoms with Crippen LogP contribution in [0.2, 0.25) is 0 Å². The third-order valence-corrected chi connectivity index (χ3v) is 1.74. The summed E-state index contributed by atoms with van der Waals surface area (Å²) in [5.74, 6) is 0. The molecule has 0 aliphatic carbocycles. The number of hydrogen-bond donors (Lipinski definition) is 3. The fraction of sp³-hybridized carbons (Fsp3) is 0.750. The molecule has 1 amide bonds. The molecular formula is C8H17N3O2S. The van der Waals surface area contributed by atoms with Gasteiger partial charge in [0.15, 0.2) is 5.11 Å². The lowest BCUT2D eigenvalue weighted by atomic mass is 10.3. The Morgan fingerprint density at radius 2 is 2.07 bits per heavy atom. The maximum Gasteiger partial charge on any atom is 0.404 e. The molecule has 0 fully saturated rings. The highest BCUT2D eigenvalue weighted by Gasteiger charge is 1.95. The molecule has 5 nitrogen and oxygen atoms in total. The predicted molar refractivity (Wildman–Crippen MR) is 59.0 cm³/mol. The Labute approximate surface area is 89.4 Å². The average Bonchev–Trinajstić information content (AvgIpc) is 2.13. The number of nitrogens with one attached hydrogen (secondary N) is 2. The molecule has 6 heteroatoms. The molecule has 0 radical (unpaired) electrons. The van der Waals surface area contributed by atoms with E-state index in [0.29, 0.717) is 11.7 Å². The first-order valence-corrected chi connectivity index (χ1v) is 5.01. The normalized spacial score (nSPS) is 9.21. The van der Waals surface area contributed by atoms with Crippen molar-refractivity contribution < 1.29 is 9.53 Å². The van der Waals surface area contributed by atoms with Gasteiger partial charge in [0.2, 0.25) is 0 Å². The van der Waals surface area contributed by atoms with Gasteiger partial charge in [0.1, 0.15) is 6.61 Å². The molecule has 0 heterocycles. The molecule has 4 N–H and O–H groups in total. The van der Waals surface area contributed by atoms with Gasteiger partial charge < -0.3 is 21.1 Å². The highest BCUT2D eigenvalue weighted by molar-refractivity contribution is 7.80. The van der Waals surface area contributed by atoms with Crippen molar-refractivity contribution in [3.05, 3.63) is 0 Å². The topological polar surface area (TPSA) is 76.4 Å². The number of primary amides is 1. The van der Waals surface area contributed by atoms with Gasteiger partial charge >= 0.3 is 6.09 Å². The van der Waals surface area contributed by atoms with Crippen LogP contribution in [0.4, 0.5) is 4.79 Å². The summed E-state index contributed by atoms with van der Waals surface area (Å²) in [7, 11) is 0. The van der Waals surface area contributed by atoms with Crippen LogP contribution in [0, 0.1) is 0 Å². The molecule has 0 rings (SSSR count). The van der Waals surface area contributed by atoms with Crippen molar-refractivity contribution in [2.24, 2.45) is 5.73 Å². The van der Waals surface area contributed by atoms with Gasteiger partial charge in [0.05, 0.1) is 6.54 Å². The second-order valence-electron chi connectivity index (χ2n) is 2.70. The van der Waals surface area contributed by atoms with E-state index < -0.39 is 6.09 Å². The molecular weight excluding hydrogens is 202 g/mol. The Balaban J connectivity index is 3.22. The lowest BCUT2D eigenvalue weighted by Crippen LogP contribution is -2.37. The van der Waals surface area contributed by atoms with Crippen LogP contribution in [-0.4, -0.2) is 30.9 Å². The van der Waals surface area contributed by atoms with E-state index in [-0.39, 0.29) is 6.61 Å². The van der Waals surface area contributed by atoms with Crippen LogP contribution in [0.25, 0.3) is 0 Å². The summed E-state index contributed by atoms with van der Waals surface area (Å²) >= 11 is 4.95. The van der Waals surface area contributed by atoms with Crippen LogP contribution in [-0.2, 0) is 4.74 Å². The van der Waals surface area contributed by atoms with Crippen molar-refractivity contribution in [1.82, 2.24) is 10.6 Å². The predicted octanol–water partition coefficient (Wildman–Crippen LogP) is 0.346. The third kappa shape index (κ3) is 9.05. The highest BCUT2D eigenvalue weighted by Crippen LogP contribution is 1.82. The molecule has 0 aliphatic heterocycles. The average molecular weight is 219 g/mol. The van der Waals surface area contributed by atoms with Crippen molar-refractivity contribution in [2.45, 2.75) is 19.8 Å². The fourth-order valence-electron chi connectivity index (χ4n) is 0.757. The van der Waals surface area contributed by atoms with E-state index in [1.54, 1.807) is 0 Å². The van der Waals surface area contributed by atoms with Crippen molar-refractivity contribution in [3.63, 3.8) is 0 Å². The summed E-state index contributed by atoms with van der Waals surface area (Å²) in [6, 6.07) is 0. The van der Waals surface area contributed by atoms with Gasteiger partial charge in [-0.15, -0.1) is 0 Å². The summed E-state index contributed by atoms with van der Waals surface area (Å²) in [6.45, 7) is 3.67. The number of nitrogens with two attached hydrogens (primary N) is 1. The van der Waals surface area contributed by atoms with Gasteiger partial charge in [0, 0.05) is 6.54 Å². The van der Waals surface area contributed by atoms with Crippen molar-refractivity contribution in [3.8, 4) is 0 Å². The molecule has 0 bridgehead atoms. The molecule has 82 valence electrons. The number of ether oxygens (including phenoxy) is 1. The minimum Gasteiger partial charge on any atom is -0.448 e. The smallest absolute Gasteiger partial charge is 0.404 e. The third-order valence-electron chi connectivity index (χ3n) is 1.45. The van der Waals surface area contributed by atoms with E-state index in [1.165, 1.54) is 0 Å². The number of carbonyl (C=O) groups excluding carboxylic acids is 1. The summed E-state index contributed by atoms with van der Waals surface area (Å²) < 4.78 is 4.51. The largest absolute Gasteiger partial charge is 0.448 e. The number of carbonyl (C=O) groups is 1. The Bertz CT molecular complexity index is 187. The van der Waals surface area contributed by atoms with Crippen LogP contribution in [0.5, 0.6) is 0 Å². The van der Waals surface area contributed by atoms with Crippen molar-refractivity contribution in [2.75, 3.05) is 19.7 Å². The van der Waals surface area contributed by atoms with Crippen LogP contribution in [0.15, 0.2) is 0 Å². The summed E-state index contributed by atoms with van der Waals surface area (Å²) in [4.78, 5) is 10.2. The van der Waals surface area contributed by atoms with Crippen LogP contribution < -0.4 is 16.4 Å². The van der Waals surface area contributed by atoms with Crippen LogP contribution in [0.3, 0.4) is 0 Å². The second-order valence-corrected chi connectivity index (χ2v) is 3.11. The molecule has 0 aromatic carbocycles. The van der Waals surface area contributed by atoms with Crippen LogP contribution in [0.1, 0.15) is 19.8 Å². The maximum atomic E-state index is 10.2. The Morgan fingerprint density at radius 3 is 2.64 bits per heavy atom. The molecule has 0 saturated heterocycles. The van der Waals surface area contributed by atoms with Gasteiger partial charge in [0.25, 0.3) is 0 Å². The SMILES string of the molecule is CCCCNC(=S)NCCOC(N)=O. The molecule has 14 heavy (non-hydrogen) atoms. The monoisotopic (exact) mass is 219 g/mol. The fourth-order valence-corrected chi connectivity index (χ4v) is 0.962. The van der Waals surface area contributed by atoms with E-state index in [1.807, 2.05) is 0 Å².